The highest BCUT2D eigenvalue weighted by molar-refractivity contribution is 7.16. The van der Waals surface area contributed by atoms with Crippen LogP contribution in [0.15, 0.2) is 24.1 Å². The van der Waals surface area contributed by atoms with Crippen molar-refractivity contribution in [2.75, 3.05) is 36.8 Å². The number of carbonyl (C=O) groups excluding carboxylic acids is 1. The molecule has 0 bridgehead atoms. The summed E-state index contributed by atoms with van der Waals surface area (Å²) >= 11 is 1.43. The van der Waals surface area contributed by atoms with Crippen molar-refractivity contribution in [2.24, 2.45) is 0 Å². The zero-order valence-electron chi connectivity index (χ0n) is 12.7. The van der Waals surface area contributed by atoms with Gasteiger partial charge in [-0.25, -0.2) is 15.0 Å². The van der Waals surface area contributed by atoms with Crippen molar-refractivity contribution in [1.82, 2.24) is 29.8 Å². The molecule has 122 valence electrons. The average Bonchev–Trinajstić information content (AvgIpc) is 3.09. The molecule has 4 rings (SSSR count). The highest BCUT2D eigenvalue weighted by atomic mass is 32.1. The molecule has 0 aromatic carbocycles. The molecule has 3 aromatic rings. The first-order valence-corrected chi connectivity index (χ1v) is 8.27. The lowest BCUT2D eigenvalue weighted by atomic mass is 10.2. The SMILES string of the molecule is Nc1nc(N2CCN(C(=O)c3cnccn3)CC2)c2ncsc2n1. The van der Waals surface area contributed by atoms with E-state index in [4.69, 9.17) is 5.73 Å². The molecular formula is C14H14N8OS. The third-order valence-corrected chi connectivity index (χ3v) is 4.56. The normalized spacial score (nSPS) is 15.0. The molecule has 3 aromatic heterocycles. The first kappa shape index (κ1) is 14.7. The Balaban J connectivity index is 1.52. The van der Waals surface area contributed by atoms with Crippen LogP contribution in [0.5, 0.6) is 0 Å². The minimum Gasteiger partial charge on any atom is -0.368 e. The molecule has 4 heterocycles. The third kappa shape index (κ3) is 2.60. The number of thiazole rings is 1. The van der Waals surface area contributed by atoms with E-state index in [9.17, 15) is 4.79 Å². The van der Waals surface area contributed by atoms with E-state index in [2.05, 4.69) is 29.8 Å². The first-order chi connectivity index (χ1) is 11.7. The molecule has 1 fully saturated rings. The number of nitrogens with zero attached hydrogens (tertiary/aromatic N) is 7. The molecule has 0 radical (unpaired) electrons. The van der Waals surface area contributed by atoms with Crippen LogP contribution < -0.4 is 10.6 Å². The summed E-state index contributed by atoms with van der Waals surface area (Å²) in [7, 11) is 0. The van der Waals surface area contributed by atoms with Crippen molar-refractivity contribution >= 4 is 39.4 Å². The number of hydrogen-bond donors (Lipinski definition) is 1. The van der Waals surface area contributed by atoms with Crippen molar-refractivity contribution in [3.63, 3.8) is 0 Å². The van der Waals surface area contributed by atoms with Crippen molar-refractivity contribution in [1.29, 1.82) is 0 Å². The molecule has 0 unspecified atom stereocenters. The number of hydrogen-bond acceptors (Lipinski definition) is 9. The van der Waals surface area contributed by atoms with Crippen LogP contribution in [0.2, 0.25) is 0 Å². The van der Waals surface area contributed by atoms with Crippen LogP contribution in [-0.2, 0) is 0 Å². The van der Waals surface area contributed by atoms with E-state index < -0.39 is 0 Å². The van der Waals surface area contributed by atoms with Crippen molar-refractivity contribution < 1.29 is 4.79 Å². The summed E-state index contributed by atoms with van der Waals surface area (Å²) in [6, 6.07) is 0. The van der Waals surface area contributed by atoms with Gasteiger partial charge in [0.05, 0.1) is 11.7 Å². The first-order valence-electron chi connectivity index (χ1n) is 7.39. The van der Waals surface area contributed by atoms with E-state index in [0.29, 0.717) is 31.9 Å². The van der Waals surface area contributed by atoms with Crippen molar-refractivity contribution in [2.45, 2.75) is 0 Å². The molecule has 2 N–H and O–H groups in total. The van der Waals surface area contributed by atoms with Gasteiger partial charge >= 0.3 is 0 Å². The van der Waals surface area contributed by atoms with Crippen LogP contribution in [0.4, 0.5) is 11.8 Å². The highest BCUT2D eigenvalue weighted by Crippen LogP contribution is 2.26. The number of anilines is 2. The van der Waals surface area contributed by atoms with E-state index >= 15 is 0 Å². The zero-order chi connectivity index (χ0) is 16.5. The van der Waals surface area contributed by atoms with Gasteiger partial charge in [-0.2, -0.15) is 4.98 Å². The van der Waals surface area contributed by atoms with Gasteiger partial charge in [0.1, 0.15) is 11.2 Å². The number of fused-ring (bicyclic) bond motifs is 1. The van der Waals surface area contributed by atoms with E-state index in [1.54, 1.807) is 16.6 Å². The molecule has 1 aliphatic rings. The number of piperazine rings is 1. The number of amides is 1. The maximum Gasteiger partial charge on any atom is 0.274 e. The fourth-order valence-corrected chi connectivity index (χ4v) is 3.34. The summed E-state index contributed by atoms with van der Waals surface area (Å²) in [5.41, 5.74) is 8.64. The Kier molecular flexibility index (Phi) is 3.65. The molecule has 0 spiro atoms. The van der Waals surface area contributed by atoms with Gasteiger partial charge in [-0.1, -0.05) is 0 Å². The predicted molar refractivity (Wildman–Crippen MR) is 89.8 cm³/mol. The van der Waals surface area contributed by atoms with Gasteiger partial charge in [-0.15, -0.1) is 11.3 Å². The maximum absolute atomic E-state index is 12.4. The second-order valence-corrected chi connectivity index (χ2v) is 6.11. The zero-order valence-corrected chi connectivity index (χ0v) is 13.5. The summed E-state index contributed by atoms with van der Waals surface area (Å²) < 4.78 is 0. The molecule has 0 saturated carbocycles. The van der Waals surface area contributed by atoms with Crippen molar-refractivity contribution in [3.8, 4) is 0 Å². The molecule has 1 saturated heterocycles. The van der Waals surface area contributed by atoms with Gasteiger partial charge in [0.2, 0.25) is 5.95 Å². The lowest BCUT2D eigenvalue weighted by Crippen LogP contribution is -2.49. The standard InChI is InChI=1S/C14H14N8OS/c15-14-19-11(10-12(20-14)24-8-18-10)21-3-5-22(6-4-21)13(23)9-7-16-1-2-17-9/h1-2,7-8H,3-6H2,(H2,15,19,20). The molecule has 0 aliphatic carbocycles. The monoisotopic (exact) mass is 342 g/mol. The average molecular weight is 342 g/mol. The van der Waals surface area contributed by atoms with Crippen molar-refractivity contribution in [3.05, 3.63) is 29.8 Å². The summed E-state index contributed by atoms with van der Waals surface area (Å²) in [5, 5.41) is 0. The molecule has 1 aliphatic heterocycles. The molecule has 24 heavy (non-hydrogen) atoms. The fourth-order valence-electron chi connectivity index (χ4n) is 2.68. The number of nitrogens with two attached hydrogens (primary N) is 1. The Hall–Kier alpha value is -2.88. The smallest absolute Gasteiger partial charge is 0.274 e. The van der Waals surface area contributed by atoms with Crippen LogP contribution in [0.25, 0.3) is 10.3 Å². The van der Waals surface area contributed by atoms with Crippen LogP contribution in [0, 0.1) is 0 Å². The van der Waals surface area contributed by atoms with E-state index in [0.717, 1.165) is 16.2 Å². The molecule has 10 heteroatoms. The minimum absolute atomic E-state index is 0.108. The van der Waals surface area contributed by atoms with E-state index in [1.165, 1.54) is 23.7 Å². The van der Waals surface area contributed by atoms with Gasteiger partial charge in [-0.3, -0.25) is 9.78 Å². The van der Waals surface area contributed by atoms with Gasteiger partial charge in [-0.05, 0) is 0 Å². The number of carbonyl (C=O) groups is 1. The Bertz CT molecular complexity index is 875. The predicted octanol–water partition coefficient (Wildman–Crippen LogP) is 0.421. The van der Waals surface area contributed by atoms with Crippen LogP contribution in [0.3, 0.4) is 0 Å². The van der Waals surface area contributed by atoms with Crippen LogP contribution >= 0.6 is 11.3 Å². The van der Waals surface area contributed by atoms with Crippen LogP contribution in [0.1, 0.15) is 10.5 Å². The van der Waals surface area contributed by atoms with Crippen LogP contribution in [-0.4, -0.2) is 61.9 Å². The van der Waals surface area contributed by atoms with Gasteiger partial charge in [0.25, 0.3) is 5.91 Å². The second-order valence-electron chi connectivity index (χ2n) is 5.28. The summed E-state index contributed by atoms with van der Waals surface area (Å²) in [5.74, 6) is 0.855. The number of aromatic nitrogens is 5. The minimum atomic E-state index is -0.108. The quantitative estimate of drug-likeness (QED) is 0.713. The van der Waals surface area contributed by atoms with Gasteiger partial charge in [0.15, 0.2) is 10.6 Å². The summed E-state index contributed by atoms with van der Waals surface area (Å²) in [4.78, 5) is 37.9. The van der Waals surface area contributed by atoms with E-state index in [-0.39, 0.29) is 11.9 Å². The largest absolute Gasteiger partial charge is 0.368 e. The third-order valence-electron chi connectivity index (χ3n) is 3.85. The topological polar surface area (TPSA) is 114 Å². The second kappa shape index (κ2) is 5.96. The van der Waals surface area contributed by atoms with Gasteiger partial charge < -0.3 is 15.5 Å². The Morgan fingerprint density at radius 3 is 2.71 bits per heavy atom. The number of nitrogen functional groups attached to an aromatic ring is 1. The molecule has 1 amide bonds. The highest BCUT2D eigenvalue weighted by Gasteiger charge is 2.25. The molecule has 0 atom stereocenters. The maximum atomic E-state index is 12.4. The lowest BCUT2D eigenvalue weighted by Gasteiger charge is -2.35. The number of rotatable bonds is 2. The Morgan fingerprint density at radius 1 is 1.12 bits per heavy atom. The summed E-state index contributed by atoms with van der Waals surface area (Å²) in [6.07, 6.45) is 4.55. The summed E-state index contributed by atoms with van der Waals surface area (Å²) in [6.45, 7) is 2.44. The molecule has 9 nitrogen and oxygen atoms in total. The Morgan fingerprint density at radius 2 is 1.96 bits per heavy atom. The Labute approximate surface area is 141 Å². The van der Waals surface area contributed by atoms with E-state index in [1.807, 2.05) is 0 Å². The van der Waals surface area contributed by atoms with Gasteiger partial charge in [0, 0.05) is 38.6 Å². The fraction of sp³-hybridized carbons (Fsp3) is 0.286. The lowest BCUT2D eigenvalue weighted by molar-refractivity contribution is 0.0740. The molecular weight excluding hydrogens is 328 g/mol.